The molecule has 1 aromatic heterocycles. The molecule has 0 unspecified atom stereocenters. The van der Waals surface area contributed by atoms with Crippen molar-refractivity contribution < 1.29 is 17.0 Å². The van der Waals surface area contributed by atoms with Crippen LogP contribution >= 0.6 is 11.3 Å². The van der Waals surface area contributed by atoms with Crippen molar-refractivity contribution in [3.8, 4) is 23.3 Å². The second kappa shape index (κ2) is 4.53. The number of benzene rings is 1. The molecule has 106 valence electrons. The molecule has 1 saturated heterocycles. The molecule has 4 rings (SSSR count). The number of hydrogen-bond donors (Lipinski definition) is 1. The van der Waals surface area contributed by atoms with E-state index >= 15 is 0 Å². The van der Waals surface area contributed by atoms with Gasteiger partial charge < -0.3 is 14.8 Å². The molecule has 21 heavy (non-hydrogen) atoms. The molecule has 6 nitrogen and oxygen atoms in total. The normalized spacial score (nSPS) is 23.4. The van der Waals surface area contributed by atoms with Crippen LogP contribution in [0.25, 0.3) is 10.2 Å². The highest BCUT2D eigenvalue weighted by Gasteiger charge is 2.33. The highest BCUT2D eigenvalue weighted by molar-refractivity contribution is 7.22. The van der Waals surface area contributed by atoms with Gasteiger partial charge in [0.15, 0.2) is 16.6 Å². The minimum atomic E-state index is -2.21. The van der Waals surface area contributed by atoms with E-state index < -0.39 is 6.75 Å². The number of hydrogen-bond acceptors (Lipinski definition) is 5. The average Bonchev–Trinajstić information content (AvgIpc) is 3.13. The van der Waals surface area contributed by atoms with Crippen LogP contribution in [0.5, 0.6) is 11.5 Å². The smallest absolute Gasteiger partial charge is 0.324 e. The van der Waals surface area contributed by atoms with Gasteiger partial charge in [-0.3, -0.25) is 4.90 Å². The van der Waals surface area contributed by atoms with E-state index in [1.54, 1.807) is 19.1 Å². The predicted octanol–water partition coefficient (Wildman–Crippen LogP) is 1.95. The number of amides is 2. The van der Waals surface area contributed by atoms with Crippen LogP contribution in [0.15, 0.2) is 12.1 Å². The third-order valence-electron chi connectivity index (χ3n) is 3.26. The molecule has 1 fully saturated rings. The molecule has 2 aliphatic heterocycles. The first kappa shape index (κ1) is 10.3. The minimum absolute atomic E-state index is 0.249. The molecule has 0 saturated carbocycles. The summed E-state index contributed by atoms with van der Waals surface area (Å²) in [5.74, 6) is 6.35. The number of fused-ring (bicyclic) bond motifs is 3. The first-order valence-electron chi connectivity index (χ1n) is 7.29. The number of ether oxygens (including phenoxy) is 2. The molecule has 3 heterocycles. The zero-order valence-electron chi connectivity index (χ0n) is 13.0. The second-order valence-electron chi connectivity index (χ2n) is 4.49. The van der Waals surface area contributed by atoms with Crippen molar-refractivity contribution >= 4 is 32.7 Å². The third-order valence-corrected chi connectivity index (χ3v) is 4.28. The summed E-state index contributed by atoms with van der Waals surface area (Å²) in [5, 5.41) is 3.24. The van der Waals surface area contributed by atoms with E-state index in [1.165, 1.54) is 16.2 Å². The first-order chi connectivity index (χ1) is 11.0. The second-order valence-corrected chi connectivity index (χ2v) is 5.50. The fourth-order valence-corrected chi connectivity index (χ4v) is 3.35. The van der Waals surface area contributed by atoms with Gasteiger partial charge in [0.2, 0.25) is 6.75 Å². The summed E-state index contributed by atoms with van der Waals surface area (Å²) in [5.41, 5.74) is 0.479. The molecule has 1 atom stereocenters. The molecule has 0 spiro atoms. The van der Waals surface area contributed by atoms with E-state index in [-0.39, 0.29) is 17.8 Å². The molecule has 1 aromatic carbocycles. The highest BCUT2D eigenvalue weighted by atomic mass is 32.1. The van der Waals surface area contributed by atoms with E-state index in [2.05, 4.69) is 22.1 Å². The van der Waals surface area contributed by atoms with Crippen LogP contribution in [-0.4, -0.2) is 30.3 Å². The van der Waals surface area contributed by atoms with Crippen molar-refractivity contribution in [2.75, 3.05) is 18.2 Å². The van der Waals surface area contributed by atoms with Gasteiger partial charge in [0.25, 0.3) is 0 Å². The van der Waals surface area contributed by atoms with Gasteiger partial charge in [-0.1, -0.05) is 17.3 Å². The lowest BCUT2D eigenvalue weighted by Crippen LogP contribution is -2.33. The Morgan fingerprint density at radius 3 is 3.33 bits per heavy atom. The van der Waals surface area contributed by atoms with Crippen LogP contribution in [0, 0.1) is 11.8 Å². The van der Waals surface area contributed by atoms with Crippen LogP contribution in [0.4, 0.5) is 9.93 Å². The fourth-order valence-electron chi connectivity index (χ4n) is 2.33. The van der Waals surface area contributed by atoms with Crippen LogP contribution in [0.2, 0.25) is 0 Å². The van der Waals surface area contributed by atoms with Crippen LogP contribution in [0.3, 0.4) is 0 Å². The summed E-state index contributed by atoms with van der Waals surface area (Å²) in [6.45, 7) is -0.0447. The first-order valence-corrected chi connectivity index (χ1v) is 7.11. The number of carbonyl (C=O) groups is 1. The average molecular weight is 303 g/mol. The number of carbonyl (C=O) groups excluding carboxylic acids is 1. The maximum absolute atomic E-state index is 12.1. The van der Waals surface area contributed by atoms with Crippen molar-refractivity contribution in [3.63, 3.8) is 0 Å². The maximum Gasteiger partial charge on any atom is 0.324 e. The molecule has 2 amide bonds. The van der Waals surface area contributed by atoms with Gasteiger partial charge in [0.1, 0.15) is 14.3 Å². The predicted molar refractivity (Wildman–Crippen MR) is 78.9 cm³/mol. The van der Waals surface area contributed by atoms with Crippen molar-refractivity contribution in [2.45, 2.75) is 13.0 Å². The largest absolute Gasteiger partial charge is 0.454 e. The number of rotatable bonds is 1. The van der Waals surface area contributed by atoms with Gasteiger partial charge in [0.05, 0.1) is 11.2 Å². The molecule has 2 aliphatic rings. The lowest BCUT2D eigenvalue weighted by atomic mass is 10.3. The molecule has 1 N–H and O–H groups in total. The summed E-state index contributed by atoms with van der Waals surface area (Å²) in [6.07, 6.45) is 0. The van der Waals surface area contributed by atoms with Crippen molar-refractivity contribution in [2.24, 2.45) is 0 Å². The number of nitrogens with one attached hydrogen (secondary N) is 1. The summed E-state index contributed by atoms with van der Waals surface area (Å²) >= 11 is 1.32. The molecule has 0 bridgehead atoms. The van der Waals surface area contributed by atoms with E-state index in [4.69, 9.17) is 12.2 Å². The van der Waals surface area contributed by atoms with Crippen molar-refractivity contribution in [3.05, 3.63) is 12.1 Å². The number of urea groups is 1. The Balaban J connectivity index is 1.81. The Bertz CT molecular complexity index is 887. The number of nitrogens with zero attached hydrogens (tertiary/aromatic N) is 2. The summed E-state index contributed by atoms with van der Waals surface area (Å²) in [4.78, 5) is 18.0. The van der Waals surface area contributed by atoms with Gasteiger partial charge in [-0.05, 0) is 19.1 Å². The SMILES string of the molecule is [2H]C1([2H])Oc2ccc3sc(N4C(=O)NC[C@H]4C#CC)nc3c2O1. The Morgan fingerprint density at radius 2 is 2.48 bits per heavy atom. The third kappa shape index (κ3) is 1.80. The highest BCUT2D eigenvalue weighted by Crippen LogP contribution is 2.42. The van der Waals surface area contributed by atoms with E-state index in [0.717, 1.165) is 4.70 Å². The van der Waals surface area contributed by atoms with Crippen LogP contribution < -0.4 is 19.7 Å². The Hall–Kier alpha value is -2.46. The summed E-state index contributed by atoms with van der Waals surface area (Å²) in [6, 6.07) is 2.89. The Kier molecular flexibility index (Phi) is 2.22. The zero-order chi connectivity index (χ0) is 16.2. The maximum atomic E-state index is 12.1. The zero-order valence-corrected chi connectivity index (χ0v) is 11.8. The lowest BCUT2D eigenvalue weighted by molar-refractivity contribution is 0.174. The van der Waals surface area contributed by atoms with Crippen molar-refractivity contribution in [1.82, 2.24) is 10.3 Å². The van der Waals surface area contributed by atoms with Gasteiger partial charge in [-0.2, -0.15) is 0 Å². The van der Waals surface area contributed by atoms with Crippen LogP contribution in [0.1, 0.15) is 9.67 Å². The van der Waals surface area contributed by atoms with Crippen molar-refractivity contribution in [1.29, 1.82) is 0 Å². The standard InChI is InChI=1S/C14H11N3O3S/c1-2-3-8-6-15-13(18)17(8)14-16-11-10(21-14)5-4-9-12(11)20-7-19-9/h4-5,8H,6-7H2,1H3,(H,15,18)/t8-/m1/s1/i7D2. The Labute approximate surface area is 127 Å². The summed E-state index contributed by atoms with van der Waals surface area (Å²) < 4.78 is 26.1. The quantitative estimate of drug-likeness (QED) is 0.818. The molecule has 0 aliphatic carbocycles. The summed E-state index contributed by atoms with van der Waals surface area (Å²) in [7, 11) is 0. The van der Waals surface area contributed by atoms with Gasteiger partial charge in [0, 0.05) is 0 Å². The van der Waals surface area contributed by atoms with E-state index in [0.29, 0.717) is 22.9 Å². The Morgan fingerprint density at radius 1 is 1.57 bits per heavy atom. The monoisotopic (exact) mass is 303 g/mol. The van der Waals surface area contributed by atoms with E-state index in [9.17, 15) is 4.79 Å². The molecule has 0 radical (unpaired) electrons. The molecular formula is C14H11N3O3S. The fraction of sp³-hybridized carbons (Fsp3) is 0.286. The van der Waals surface area contributed by atoms with Gasteiger partial charge in [-0.15, -0.1) is 5.92 Å². The molecular weight excluding hydrogens is 290 g/mol. The van der Waals surface area contributed by atoms with Gasteiger partial charge >= 0.3 is 6.03 Å². The number of thiazole rings is 1. The minimum Gasteiger partial charge on any atom is -0.454 e. The number of anilines is 1. The topological polar surface area (TPSA) is 63.7 Å². The van der Waals surface area contributed by atoms with Crippen LogP contribution in [-0.2, 0) is 0 Å². The molecule has 2 aromatic rings. The van der Waals surface area contributed by atoms with Gasteiger partial charge in [-0.25, -0.2) is 9.78 Å². The molecule has 7 heteroatoms. The van der Waals surface area contributed by atoms with E-state index in [1.807, 2.05) is 0 Å². The lowest BCUT2D eigenvalue weighted by Gasteiger charge is -2.14. The number of aromatic nitrogens is 1.